The van der Waals surface area contributed by atoms with Gasteiger partial charge in [-0.2, -0.15) is 0 Å². The van der Waals surface area contributed by atoms with Crippen molar-refractivity contribution in [2.75, 3.05) is 6.54 Å². The number of nitrogens with one attached hydrogen (secondary N) is 2. The van der Waals surface area contributed by atoms with E-state index in [1.165, 1.54) is 0 Å². The van der Waals surface area contributed by atoms with Gasteiger partial charge in [0, 0.05) is 12.6 Å². The topological polar surface area (TPSA) is 67.4 Å². The van der Waals surface area contributed by atoms with E-state index >= 15 is 0 Å². The van der Waals surface area contributed by atoms with E-state index in [1.54, 1.807) is 0 Å². The standard InChI is InChI=1S/C18H22N2O3S/c1-14-8-10-17(11-9-14)24(22)19-12-15(2)20-18(21)23-13-16-6-4-3-5-7-16/h3-11,15,19H,12-13H2,1-2H3,(H,20,21)/t15-,24?/m0/s1. The Bertz CT molecular complexity index is 674. The summed E-state index contributed by atoms with van der Waals surface area (Å²) < 4.78 is 20.2. The maximum Gasteiger partial charge on any atom is 0.407 e. The average molecular weight is 346 g/mol. The van der Waals surface area contributed by atoms with Crippen LogP contribution in [0.4, 0.5) is 4.79 Å². The maximum absolute atomic E-state index is 12.1. The first-order valence-electron chi connectivity index (χ1n) is 7.74. The molecule has 1 unspecified atom stereocenters. The molecule has 0 saturated carbocycles. The molecule has 0 fully saturated rings. The monoisotopic (exact) mass is 346 g/mol. The molecule has 2 N–H and O–H groups in total. The van der Waals surface area contributed by atoms with Gasteiger partial charge in [0.05, 0.1) is 4.90 Å². The van der Waals surface area contributed by atoms with Gasteiger partial charge in [0.2, 0.25) is 0 Å². The molecule has 24 heavy (non-hydrogen) atoms. The molecule has 0 aliphatic carbocycles. The number of ether oxygens (including phenoxy) is 1. The van der Waals surface area contributed by atoms with Gasteiger partial charge in [-0.05, 0) is 31.5 Å². The van der Waals surface area contributed by atoms with Crippen LogP contribution in [0.15, 0.2) is 59.5 Å². The molecule has 6 heteroatoms. The van der Waals surface area contributed by atoms with Gasteiger partial charge in [0.25, 0.3) is 0 Å². The Morgan fingerprint density at radius 3 is 2.46 bits per heavy atom. The van der Waals surface area contributed by atoms with Gasteiger partial charge in [0.15, 0.2) is 0 Å². The normalized spacial score (nSPS) is 13.1. The molecule has 2 atom stereocenters. The fraction of sp³-hybridized carbons (Fsp3) is 0.278. The van der Waals surface area contributed by atoms with Crippen LogP contribution in [0.2, 0.25) is 0 Å². The quantitative estimate of drug-likeness (QED) is 0.810. The Morgan fingerprint density at radius 1 is 1.12 bits per heavy atom. The van der Waals surface area contributed by atoms with Gasteiger partial charge >= 0.3 is 6.09 Å². The van der Waals surface area contributed by atoms with Crippen LogP contribution in [0.25, 0.3) is 0 Å². The molecule has 2 rings (SSSR count). The number of carbonyl (C=O) groups is 1. The Kier molecular flexibility index (Phi) is 6.96. The second-order valence-corrected chi connectivity index (χ2v) is 6.83. The van der Waals surface area contributed by atoms with Crippen molar-refractivity contribution in [3.8, 4) is 0 Å². The summed E-state index contributed by atoms with van der Waals surface area (Å²) in [6.45, 7) is 4.40. The molecule has 0 spiro atoms. The van der Waals surface area contributed by atoms with Crippen molar-refractivity contribution in [2.45, 2.75) is 31.4 Å². The Hall–Kier alpha value is -2.18. The van der Waals surface area contributed by atoms with Gasteiger partial charge in [-0.15, -0.1) is 0 Å². The number of hydrogen-bond donors (Lipinski definition) is 2. The van der Waals surface area contributed by atoms with E-state index in [2.05, 4.69) is 10.0 Å². The number of alkyl carbamates (subject to hydrolysis) is 1. The number of amides is 1. The Balaban J connectivity index is 1.70. The largest absolute Gasteiger partial charge is 0.445 e. The zero-order valence-electron chi connectivity index (χ0n) is 13.8. The first-order chi connectivity index (χ1) is 11.5. The summed E-state index contributed by atoms with van der Waals surface area (Å²) in [5, 5.41) is 2.71. The SMILES string of the molecule is Cc1ccc(S(=O)NC[C@H](C)NC(=O)OCc2ccccc2)cc1. The van der Waals surface area contributed by atoms with E-state index < -0.39 is 17.1 Å². The minimum absolute atomic E-state index is 0.206. The Morgan fingerprint density at radius 2 is 1.79 bits per heavy atom. The van der Waals surface area contributed by atoms with Gasteiger partial charge in [-0.3, -0.25) is 0 Å². The van der Waals surface area contributed by atoms with Crippen LogP contribution >= 0.6 is 0 Å². The van der Waals surface area contributed by atoms with E-state index in [1.807, 2.05) is 68.4 Å². The van der Waals surface area contributed by atoms with Gasteiger partial charge in [0.1, 0.15) is 17.6 Å². The van der Waals surface area contributed by atoms with Gasteiger partial charge in [-0.25, -0.2) is 13.7 Å². The van der Waals surface area contributed by atoms with Crippen LogP contribution in [-0.2, 0) is 22.3 Å². The molecule has 2 aromatic rings. The third-order valence-electron chi connectivity index (χ3n) is 3.33. The number of carbonyl (C=O) groups excluding carboxylic acids is 1. The molecule has 0 aliphatic heterocycles. The fourth-order valence-corrected chi connectivity index (χ4v) is 2.91. The predicted octanol–water partition coefficient (Wildman–Crippen LogP) is 2.92. The Labute approximate surface area is 145 Å². The van der Waals surface area contributed by atoms with Crippen LogP contribution in [0.1, 0.15) is 18.1 Å². The highest BCUT2D eigenvalue weighted by atomic mass is 32.2. The summed E-state index contributed by atoms with van der Waals surface area (Å²) in [5.74, 6) is 0. The van der Waals surface area contributed by atoms with E-state index in [-0.39, 0.29) is 12.6 Å². The average Bonchev–Trinajstić information content (AvgIpc) is 2.59. The molecule has 0 aliphatic rings. The lowest BCUT2D eigenvalue weighted by Crippen LogP contribution is -2.40. The first-order valence-corrected chi connectivity index (χ1v) is 8.89. The lowest BCUT2D eigenvalue weighted by Gasteiger charge is -2.14. The maximum atomic E-state index is 12.1. The summed E-state index contributed by atoms with van der Waals surface area (Å²) in [4.78, 5) is 12.4. The van der Waals surface area contributed by atoms with E-state index in [9.17, 15) is 9.00 Å². The van der Waals surface area contributed by atoms with Crippen LogP contribution in [0.3, 0.4) is 0 Å². The highest BCUT2D eigenvalue weighted by Gasteiger charge is 2.10. The van der Waals surface area contributed by atoms with Crippen LogP contribution in [0.5, 0.6) is 0 Å². The zero-order valence-corrected chi connectivity index (χ0v) is 14.6. The molecule has 128 valence electrons. The molecular formula is C18H22N2O3S. The summed E-state index contributed by atoms with van der Waals surface area (Å²) in [7, 11) is -1.30. The van der Waals surface area contributed by atoms with E-state index in [0.717, 1.165) is 11.1 Å². The predicted molar refractivity (Wildman–Crippen MR) is 94.8 cm³/mol. The summed E-state index contributed by atoms with van der Waals surface area (Å²) in [6.07, 6.45) is -0.491. The third-order valence-corrected chi connectivity index (χ3v) is 4.46. The van der Waals surface area contributed by atoms with Gasteiger partial charge in [-0.1, -0.05) is 48.0 Å². The molecule has 0 saturated heterocycles. The minimum Gasteiger partial charge on any atom is -0.445 e. The van der Waals surface area contributed by atoms with Crippen LogP contribution < -0.4 is 10.0 Å². The molecule has 2 aromatic carbocycles. The lowest BCUT2D eigenvalue weighted by atomic mass is 10.2. The molecule has 5 nitrogen and oxygen atoms in total. The van der Waals surface area contributed by atoms with Crippen molar-refractivity contribution < 1.29 is 13.7 Å². The molecule has 0 radical (unpaired) electrons. The van der Waals surface area contributed by atoms with Crippen molar-refractivity contribution in [1.29, 1.82) is 0 Å². The molecule has 0 bridgehead atoms. The number of rotatable bonds is 7. The van der Waals surface area contributed by atoms with Crippen molar-refractivity contribution >= 4 is 17.1 Å². The summed E-state index contributed by atoms with van der Waals surface area (Å²) in [5.41, 5.74) is 2.05. The van der Waals surface area contributed by atoms with E-state index in [0.29, 0.717) is 11.4 Å². The fourth-order valence-electron chi connectivity index (χ4n) is 1.96. The number of benzene rings is 2. The van der Waals surface area contributed by atoms with Crippen LogP contribution in [-0.4, -0.2) is 22.9 Å². The summed E-state index contributed by atoms with van der Waals surface area (Å²) >= 11 is 0. The second kappa shape index (κ2) is 9.20. The number of aryl methyl sites for hydroxylation is 1. The van der Waals surface area contributed by atoms with Crippen molar-refractivity contribution in [1.82, 2.24) is 10.0 Å². The first kappa shape index (κ1) is 18.2. The smallest absolute Gasteiger partial charge is 0.407 e. The van der Waals surface area contributed by atoms with Gasteiger partial charge < -0.3 is 10.1 Å². The molecule has 0 aromatic heterocycles. The highest BCUT2D eigenvalue weighted by molar-refractivity contribution is 7.83. The molecular weight excluding hydrogens is 324 g/mol. The second-order valence-electron chi connectivity index (χ2n) is 5.54. The molecule has 0 heterocycles. The lowest BCUT2D eigenvalue weighted by molar-refractivity contribution is 0.136. The summed E-state index contributed by atoms with van der Waals surface area (Å²) in [6, 6.07) is 16.7. The zero-order chi connectivity index (χ0) is 17.4. The highest BCUT2D eigenvalue weighted by Crippen LogP contribution is 2.06. The molecule has 1 amide bonds. The number of hydrogen-bond acceptors (Lipinski definition) is 3. The third kappa shape index (κ3) is 6.14. The minimum atomic E-state index is -1.30. The van der Waals surface area contributed by atoms with Crippen molar-refractivity contribution in [3.63, 3.8) is 0 Å². The van der Waals surface area contributed by atoms with E-state index in [4.69, 9.17) is 4.74 Å². The van der Waals surface area contributed by atoms with Crippen LogP contribution in [0, 0.1) is 6.92 Å². The van der Waals surface area contributed by atoms with Crippen molar-refractivity contribution in [2.24, 2.45) is 0 Å². The van der Waals surface area contributed by atoms with Crippen molar-refractivity contribution in [3.05, 3.63) is 65.7 Å².